The monoisotopic (exact) mass is 173 g/mol. The number of hydrogen-bond donors (Lipinski definition) is 1. The van der Waals surface area contributed by atoms with Gasteiger partial charge in [-0.15, -0.1) is 0 Å². The SMILES string of the molecule is Cc1ccnc2c(C)cc(O)cc12. The maximum atomic E-state index is 9.41. The van der Waals surface area contributed by atoms with Crippen LogP contribution in [-0.4, -0.2) is 10.1 Å². The molecule has 0 radical (unpaired) electrons. The van der Waals surface area contributed by atoms with Crippen LogP contribution in [0.4, 0.5) is 0 Å². The summed E-state index contributed by atoms with van der Waals surface area (Å²) in [6, 6.07) is 5.43. The molecule has 13 heavy (non-hydrogen) atoms. The van der Waals surface area contributed by atoms with Gasteiger partial charge in [0.25, 0.3) is 0 Å². The number of benzene rings is 1. The predicted octanol–water partition coefficient (Wildman–Crippen LogP) is 2.56. The summed E-state index contributed by atoms with van der Waals surface area (Å²) in [5.74, 6) is 0.307. The van der Waals surface area contributed by atoms with E-state index in [1.807, 2.05) is 19.9 Å². The van der Waals surface area contributed by atoms with Gasteiger partial charge in [-0.3, -0.25) is 4.98 Å². The van der Waals surface area contributed by atoms with E-state index < -0.39 is 0 Å². The molecular formula is C11H11NO. The van der Waals surface area contributed by atoms with Crippen molar-refractivity contribution in [3.63, 3.8) is 0 Å². The van der Waals surface area contributed by atoms with Crippen molar-refractivity contribution in [1.29, 1.82) is 0 Å². The Morgan fingerprint density at radius 1 is 1.15 bits per heavy atom. The molecule has 0 spiro atoms. The van der Waals surface area contributed by atoms with Crippen molar-refractivity contribution in [3.05, 3.63) is 35.5 Å². The minimum absolute atomic E-state index is 0.307. The van der Waals surface area contributed by atoms with E-state index in [0.29, 0.717) is 5.75 Å². The smallest absolute Gasteiger partial charge is 0.116 e. The second-order valence-corrected chi connectivity index (χ2v) is 3.29. The van der Waals surface area contributed by atoms with E-state index in [4.69, 9.17) is 0 Å². The third-order valence-corrected chi connectivity index (χ3v) is 2.24. The van der Waals surface area contributed by atoms with Gasteiger partial charge in [-0.25, -0.2) is 0 Å². The number of rotatable bonds is 0. The zero-order valence-electron chi connectivity index (χ0n) is 7.70. The van der Waals surface area contributed by atoms with Crippen LogP contribution in [0.3, 0.4) is 0 Å². The molecule has 0 aliphatic carbocycles. The van der Waals surface area contributed by atoms with Crippen LogP contribution < -0.4 is 0 Å². The summed E-state index contributed by atoms with van der Waals surface area (Å²) in [5.41, 5.74) is 3.13. The Kier molecular flexibility index (Phi) is 1.69. The molecule has 0 aliphatic rings. The summed E-state index contributed by atoms with van der Waals surface area (Å²) in [4.78, 5) is 4.27. The van der Waals surface area contributed by atoms with E-state index in [0.717, 1.165) is 22.0 Å². The second-order valence-electron chi connectivity index (χ2n) is 3.29. The van der Waals surface area contributed by atoms with Gasteiger partial charge in [-0.1, -0.05) is 0 Å². The molecular weight excluding hydrogens is 162 g/mol. The lowest BCUT2D eigenvalue weighted by Gasteiger charge is -2.04. The number of aromatic hydroxyl groups is 1. The number of phenols is 1. The van der Waals surface area contributed by atoms with Gasteiger partial charge < -0.3 is 5.11 Å². The molecule has 0 fully saturated rings. The van der Waals surface area contributed by atoms with E-state index in [-0.39, 0.29) is 0 Å². The van der Waals surface area contributed by atoms with Crippen LogP contribution >= 0.6 is 0 Å². The molecule has 2 nitrogen and oxygen atoms in total. The van der Waals surface area contributed by atoms with Crippen molar-refractivity contribution < 1.29 is 5.11 Å². The predicted molar refractivity (Wildman–Crippen MR) is 52.9 cm³/mol. The molecule has 0 aliphatic heterocycles. The van der Waals surface area contributed by atoms with Crippen molar-refractivity contribution in [2.45, 2.75) is 13.8 Å². The van der Waals surface area contributed by atoms with Gasteiger partial charge in [0.05, 0.1) is 5.52 Å². The zero-order chi connectivity index (χ0) is 9.42. The topological polar surface area (TPSA) is 33.1 Å². The molecule has 66 valence electrons. The summed E-state index contributed by atoms with van der Waals surface area (Å²) in [6.07, 6.45) is 1.79. The van der Waals surface area contributed by atoms with Crippen LogP contribution in [0.15, 0.2) is 24.4 Å². The number of aromatic nitrogens is 1. The fourth-order valence-electron chi connectivity index (χ4n) is 1.55. The van der Waals surface area contributed by atoms with Crippen LogP contribution in [0.5, 0.6) is 5.75 Å². The molecule has 1 heterocycles. The molecule has 1 aromatic carbocycles. The highest BCUT2D eigenvalue weighted by atomic mass is 16.3. The molecule has 0 bridgehead atoms. The van der Waals surface area contributed by atoms with Crippen molar-refractivity contribution in [2.75, 3.05) is 0 Å². The third-order valence-electron chi connectivity index (χ3n) is 2.24. The quantitative estimate of drug-likeness (QED) is 0.664. The molecule has 0 atom stereocenters. The molecule has 0 unspecified atom stereocenters. The van der Waals surface area contributed by atoms with Gasteiger partial charge >= 0.3 is 0 Å². The van der Waals surface area contributed by atoms with Gasteiger partial charge in [-0.2, -0.15) is 0 Å². The average molecular weight is 173 g/mol. The third kappa shape index (κ3) is 1.24. The summed E-state index contributed by atoms with van der Waals surface area (Å²) in [7, 11) is 0. The Labute approximate surface area is 76.9 Å². The van der Waals surface area contributed by atoms with E-state index in [1.54, 1.807) is 18.3 Å². The zero-order valence-corrected chi connectivity index (χ0v) is 7.70. The first-order chi connectivity index (χ1) is 6.18. The van der Waals surface area contributed by atoms with Gasteiger partial charge in [0.15, 0.2) is 0 Å². The molecule has 0 saturated carbocycles. The van der Waals surface area contributed by atoms with Crippen molar-refractivity contribution in [3.8, 4) is 5.75 Å². The first-order valence-electron chi connectivity index (χ1n) is 4.23. The Morgan fingerprint density at radius 2 is 1.92 bits per heavy atom. The van der Waals surface area contributed by atoms with E-state index in [9.17, 15) is 5.11 Å². The van der Waals surface area contributed by atoms with E-state index >= 15 is 0 Å². The summed E-state index contributed by atoms with van der Waals surface area (Å²) >= 11 is 0. The lowest BCUT2D eigenvalue weighted by atomic mass is 10.1. The lowest BCUT2D eigenvalue weighted by Crippen LogP contribution is -1.85. The summed E-state index contributed by atoms with van der Waals surface area (Å²) in [5, 5.41) is 10.4. The maximum absolute atomic E-state index is 9.41. The fraction of sp³-hybridized carbons (Fsp3) is 0.182. The summed E-state index contributed by atoms with van der Waals surface area (Å²) in [6.45, 7) is 3.97. The number of aryl methyl sites for hydroxylation is 2. The van der Waals surface area contributed by atoms with Gasteiger partial charge in [0.1, 0.15) is 5.75 Å². The minimum atomic E-state index is 0.307. The molecule has 0 saturated heterocycles. The highest BCUT2D eigenvalue weighted by molar-refractivity contribution is 5.85. The first kappa shape index (κ1) is 8.05. The summed E-state index contributed by atoms with van der Waals surface area (Å²) < 4.78 is 0. The Bertz CT molecular complexity index is 463. The molecule has 2 heteroatoms. The minimum Gasteiger partial charge on any atom is -0.508 e. The largest absolute Gasteiger partial charge is 0.508 e. The van der Waals surface area contributed by atoms with E-state index in [1.165, 1.54) is 0 Å². The lowest BCUT2D eigenvalue weighted by molar-refractivity contribution is 0.475. The van der Waals surface area contributed by atoms with Crippen molar-refractivity contribution in [1.82, 2.24) is 4.98 Å². The van der Waals surface area contributed by atoms with Gasteiger partial charge in [-0.05, 0) is 43.2 Å². The van der Waals surface area contributed by atoms with Crippen molar-refractivity contribution >= 4 is 10.9 Å². The molecule has 1 N–H and O–H groups in total. The van der Waals surface area contributed by atoms with Crippen LogP contribution in [0.2, 0.25) is 0 Å². The number of phenolic OH excluding ortho intramolecular Hbond substituents is 1. The Balaban J connectivity index is 2.94. The van der Waals surface area contributed by atoms with Crippen molar-refractivity contribution in [2.24, 2.45) is 0 Å². The average Bonchev–Trinajstić information content (AvgIpc) is 2.07. The van der Waals surface area contributed by atoms with Crippen LogP contribution in [-0.2, 0) is 0 Å². The number of pyridine rings is 1. The molecule has 2 aromatic rings. The molecule has 0 amide bonds. The van der Waals surface area contributed by atoms with Gasteiger partial charge in [0, 0.05) is 11.6 Å². The van der Waals surface area contributed by atoms with Gasteiger partial charge in [0.2, 0.25) is 0 Å². The first-order valence-corrected chi connectivity index (χ1v) is 4.23. The van der Waals surface area contributed by atoms with Crippen LogP contribution in [0.1, 0.15) is 11.1 Å². The Morgan fingerprint density at radius 3 is 2.69 bits per heavy atom. The maximum Gasteiger partial charge on any atom is 0.116 e. The molecule has 2 rings (SSSR count). The number of nitrogens with zero attached hydrogens (tertiary/aromatic N) is 1. The molecule has 1 aromatic heterocycles. The number of hydrogen-bond acceptors (Lipinski definition) is 2. The van der Waals surface area contributed by atoms with Crippen LogP contribution in [0.25, 0.3) is 10.9 Å². The standard InChI is InChI=1S/C11H11NO/c1-7-3-4-12-11-8(2)5-9(13)6-10(7)11/h3-6,13H,1-2H3. The normalized spacial score (nSPS) is 10.6. The Hall–Kier alpha value is -1.57. The highest BCUT2D eigenvalue weighted by Gasteiger charge is 2.02. The van der Waals surface area contributed by atoms with E-state index in [2.05, 4.69) is 4.98 Å². The van der Waals surface area contributed by atoms with Crippen LogP contribution in [0, 0.1) is 13.8 Å². The second kappa shape index (κ2) is 2.73. The highest BCUT2D eigenvalue weighted by Crippen LogP contribution is 2.24. The fourth-order valence-corrected chi connectivity index (χ4v) is 1.55. The number of fused-ring (bicyclic) bond motifs is 1.